The molecule has 3 rings (SSSR count). The van der Waals surface area contributed by atoms with Gasteiger partial charge in [-0.05, 0) is 30.7 Å². The number of ketones is 1. The van der Waals surface area contributed by atoms with Crippen LogP contribution in [0.25, 0.3) is 5.69 Å². The molecule has 0 N–H and O–H groups in total. The molecule has 3 nitrogen and oxygen atoms in total. The Bertz CT molecular complexity index is 557. The zero-order chi connectivity index (χ0) is 11.1. The fourth-order valence-corrected chi connectivity index (χ4v) is 2.01. The van der Waals surface area contributed by atoms with Crippen molar-refractivity contribution in [1.82, 2.24) is 9.78 Å². The summed E-state index contributed by atoms with van der Waals surface area (Å²) in [6.07, 6.45) is 3.02. The summed E-state index contributed by atoms with van der Waals surface area (Å²) >= 11 is 0. The van der Waals surface area contributed by atoms with Crippen molar-refractivity contribution in [2.45, 2.75) is 12.8 Å². The van der Waals surface area contributed by atoms with Crippen LogP contribution in [0.5, 0.6) is 0 Å². The molecule has 0 aliphatic heterocycles. The highest BCUT2D eigenvalue weighted by Gasteiger charge is 2.25. The fourth-order valence-electron chi connectivity index (χ4n) is 2.01. The normalized spacial score (nSPS) is 14.2. The number of benzene rings is 1. The number of Topliss-reactive ketones (excluding diaryl/α,β-unsaturated/α-hetero) is 1. The van der Waals surface area contributed by atoms with Crippen LogP contribution in [0.1, 0.15) is 22.5 Å². The van der Waals surface area contributed by atoms with Crippen LogP contribution in [0, 0.1) is 5.82 Å². The number of aryl methyl sites for hydroxylation is 1. The summed E-state index contributed by atoms with van der Waals surface area (Å²) in [7, 11) is 0. The maximum Gasteiger partial charge on any atom is 0.181 e. The summed E-state index contributed by atoms with van der Waals surface area (Å²) in [4.78, 5) is 11.7. The molecule has 80 valence electrons. The van der Waals surface area contributed by atoms with E-state index in [4.69, 9.17) is 0 Å². The van der Waals surface area contributed by atoms with Crippen LogP contribution in [0.15, 0.2) is 30.5 Å². The monoisotopic (exact) mass is 216 g/mol. The highest BCUT2D eigenvalue weighted by atomic mass is 19.1. The summed E-state index contributed by atoms with van der Waals surface area (Å²) in [5.41, 5.74) is 2.35. The van der Waals surface area contributed by atoms with Crippen LogP contribution in [-0.4, -0.2) is 15.6 Å². The Kier molecular flexibility index (Phi) is 1.89. The SMILES string of the molecule is O=C1CCc2cnn(-c3ccc(F)cc3)c21. The number of carbonyl (C=O) groups excluding carboxylic acids is 1. The first-order valence-corrected chi connectivity index (χ1v) is 5.12. The van der Waals surface area contributed by atoms with Crippen molar-refractivity contribution in [3.63, 3.8) is 0 Å². The molecule has 1 aromatic heterocycles. The molecule has 0 bridgehead atoms. The molecule has 16 heavy (non-hydrogen) atoms. The minimum atomic E-state index is -0.293. The van der Waals surface area contributed by atoms with E-state index in [1.807, 2.05) is 0 Å². The molecule has 1 aliphatic rings. The second-order valence-corrected chi connectivity index (χ2v) is 3.83. The average Bonchev–Trinajstić information content (AvgIpc) is 2.84. The van der Waals surface area contributed by atoms with Gasteiger partial charge in [-0.15, -0.1) is 0 Å². The smallest absolute Gasteiger partial charge is 0.181 e. The van der Waals surface area contributed by atoms with Crippen molar-refractivity contribution < 1.29 is 9.18 Å². The summed E-state index contributed by atoms with van der Waals surface area (Å²) in [5.74, 6) is -0.185. The first kappa shape index (κ1) is 9.27. The first-order valence-electron chi connectivity index (χ1n) is 5.12. The third-order valence-corrected chi connectivity index (χ3v) is 2.80. The molecule has 1 aromatic carbocycles. The number of hydrogen-bond donors (Lipinski definition) is 0. The van der Waals surface area contributed by atoms with Gasteiger partial charge in [0.25, 0.3) is 0 Å². The average molecular weight is 216 g/mol. The lowest BCUT2D eigenvalue weighted by atomic mass is 10.2. The van der Waals surface area contributed by atoms with E-state index in [0.717, 1.165) is 17.7 Å². The quantitative estimate of drug-likeness (QED) is 0.732. The van der Waals surface area contributed by atoms with Gasteiger partial charge in [-0.2, -0.15) is 5.10 Å². The van der Waals surface area contributed by atoms with E-state index < -0.39 is 0 Å². The van der Waals surface area contributed by atoms with E-state index >= 15 is 0 Å². The van der Waals surface area contributed by atoms with Gasteiger partial charge >= 0.3 is 0 Å². The number of rotatable bonds is 1. The van der Waals surface area contributed by atoms with Gasteiger partial charge in [0.2, 0.25) is 0 Å². The Morgan fingerprint density at radius 3 is 2.69 bits per heavy atom. The third kappa shape index (κ3) is 1.26. The van der Waals surface area contributed by atoms with E-state index in [1.165, 1.54) is 12.1 Å². The Labute approximate surface area is 91.5 Å². The predicted octanol–water partition coefficient (Wildman–Crippen LogP) is 2.14. The van der Waals surface area contributed by atoms with Crippen LogP contribution in [0.2, 0.25) is 0 Å². The second-order valence-electron chi connectivity index (χ2n) is 3.83. The van der Waals surface area contributed by atoms with E-state index in [1.54, 1.807) is 23.0 Å². The Morgan fingerprint density at radius 1 is 1.19 bits per heavy atom. The lowest BCUT2D eigenvalue weighted by molar-refractivity contribution is 0.0987. The van der Waals surface area contributed by atoms with Crippen molar-refractivity contribution in [2.24, 2.45) is 0 Å². The minimum absolute atomic E-state index is 0.108. The van der Waals surface area contributed by atoms with Crippen molar-refractivity contribution in [3.05, 3.63) is 47.5 Å². The number of hydrogen-bond acceptors (Lipinski definition) is 2. The van der Waals surface area contributed by atoms with Crippen LogP contribution in [0.3, 0.4) is 0 Å². The molecule has 4 heteroatoms. The molecule has 0 saturated carbocycles. The van der Waals surface area contributed by atoms with Crippen LogP contribution in [0.4, 0.5) is 4.39 Å². The number of halogens is 1. The van der Waals surface area contributed by atoms with Gasteiger partial charge in [0.15, 0.2) is 5.78 Å². The molecular formula is C12H9FN2O. The van der Waals surface area contributed by atoms with Gasteiger partial charge < -0.3 is 0 Å². The van der Waals surface area contributed by atoms with Gasteiger partial charge in [0, 0.05) is 12.0 Å². The van der Waals surface area contributed by atoms with E-state index in [2.05, 4.69) is 5.10 Å². The molecule has 0 amide bonds. The van der Waals surface area contributed by atoms with Gasteiger partial charge in [0.05, 0.1) is 11.9 Å². The van der Waals surface area contributed by atoms with Gasteiger partial charge in [-0.25, -0.2) is 9.07 Å². The maximum atomic E-state index is 12.8. The molecule has 0 radical (unpaired) electrons. The summed E-state index contributed by atoms with van der Waals surface area (Å²) < 4.78 is 14.4. The summed E-state index contributed by atoms with van der Waals surface area (Å²) in [5, 5.41) is 4.16. The minimum Gasteiger partial charge on any atom is -0.292 e. The molecule has 0 fully saturated rings. The molecule has 1 aliphatic carbocycles. The molecule has 0 atom stereocenters. The van der Waals surface area contributed by atoms with Gasteiger partial charge in [-0.3, -0.25) is 4.79 Å². The van der Waals surface area contributed by atoms with Gasteiger partial charge in [0.1, 0.15) is 11.5 Å². The number of nitrogens with zero attached hydrogens (tertiary/aromatic N) is 2. The highest BCUT2D eigenvalue weighted by Crippen LogP contribution is 2.24. The third-order valence-electron chi connectivity index (χ3n) is 2.80. The highest BCUT2D eigenvalue weighted by molar-refractivity contribution is 5.99. The number of aromatic nitrogens is 2. The van der Waals surface area contributed by atoms with Crippen molar-refractivity contribution in [1.29, 1.82) is 0 Å². The van der Waals surface area contributed by atoms with Crippen molar-refractivity contribution >= 4 is 5.78 Å². The van der Waals surface area contributed by atoms with Crippen molar-refractivity contribution in [2.75, 3.05) is 0 Å². The van der Waals surface area contributed by atoms with Crippen molar-refractivity contribution in [3.8, 4) is 5.69 Å². The lowest BCUT2D eigenvalue weighted by Gasteiger charge is -2.04. The van der Waals surface area contributed by atoms with Crippen LogP contribution in [-0.2, 0) is 6.42 Å². The van der Waals surface area contributed by atoms with E-state index in [-0.39, 0.29) is 11.6 Å². The molecule has 0 unspecified atom stereocenters. The molecular weight excluding hydrogens is 207 g/mol. The van der Waals surface area contributed by atoms with Gasteiger partial charge in [-0.1, -0.05) is 0 Å². The van der Waals surface area contributed by atoms with Crippen LogP contribution >= 0.6 is 0 Å². The standard InChI is InChI=1S/C12H9FN2O/c13-9-2-4-10(5-3-9)15-12-8(7-14-15)1-6-11(12)16/h2-5,7H,1,6H2. The zero-order valence-electron chi connectivity index (χ0n) is 8.48. The number of fused-ring (bicyclic) bond motifs is 1. The van der Waals surface area contributed by atoms with E-state index in [0.29, 0.717) is 12.1 Å². The lowest BCUT2D eigenvalue weighted by Crippen LogP contribution is -2.05. The molecule has 0 saturated heterocycles. The molecule has 1 heterocycles. The fraction of sp³-hybridized carbons (Fsp3) is 0.167. The predicted molar refractivity (Wildman–Crippen MR) is 56.2 cm³/mol. The van der Waals surface area contributed by atoms with E-state index in [9.17, 15) is 9.18 Å². The second kappa shape index (κ2) is 3.27. The first-order chi connectivity index (χ1) is 7.75. The Balaban J connectivity index is 2.14. The zero-order valence-corrected chi connectivity index (χ0v) is 8.48. The molecule has 0 spiro atoms. The maximum absolute atomic E-state index is 12.8. The summed E-state index contributed by atoms with van der Waals surface area (Å²) in [6, 6.07) is 5.97. The van der Waals surface area contributed by atoms with Crippen LogP contribution < -0.4 is 0 Å². The molecule has 2 aromatic rings. The topological polar surface area (TPSA) is 34.9 Å². The number of carbonyl (C=O) groups is 1. The largest absolute Gasteiger partial charge is 0.292 e. The Hall–Kier alpha value is -1.97. The summed E-state index contributed by atoms with van der Waals surface area (Å²) in [6.45, 7) is 0. The Morgan fingerprint density at radius 2 is 1.94 bits per heavy atom.